The lowest BCUT2D eigenvalue weighted by molar-refractivity contribution is -0.416. The van der Waals surface area contributed by atoms with Gasteiger partial charge in [0, 0.05) is 6.42 Å². The van der Waals surface area contributed by atoms with Crippen LogP contribution in [0.25, 0.3) is 0 Å². The highest BCUT2D eigenvalue weighted by Gasteiger charge is 2.22. The molecule has 0 spiro atoms. The smallest absolute Gasteiger partial charge is 0.188 e. The van der Waals surface area contributed by atoms with Gasteiger partial charge >= 0.3 is 0 Å². The Hall–Kier alpha value is -1.10. The summed E-state index contributed by atoms with van der Waals surface area (Å²) < 4.78 is 5.06. The van der Waals surface area contributed by atoms with Crippen molar-refractivity contribution in [2.75, 3.05) is 7.11 Å². The molecular weight excluding hydrogens is 196 g/mol. The van der Waals surface area contributed by atoms with E-state index in [1.54, 1.807) is 7.11 Å². The van der Waals surface area contributed by atoms with Crippen molar-refractivity contribution >= 4 is 0 Å². The predicted molar refractivity (Wildman–Crippen MR) is 53.1 cm³/mol. The first kappa shape index (κ1) is 10.4. The van der Waals surface area contributed by atoms with Gasteiger partial charge in [-0.15, -0.1) is 0 Å². The van der Waals surface area contributed by atoms with Gasteiger partial charge in [0.05, 0.1) is 7.11 Å². The molecule has 2 atom stereocenters. The number of aliphatic hydroxyl groups is 1. The Bertz CT molecular complexity index is 301. The molecule has 4 heteroatoms. The van der Waals surface area contributed by atoms with Crippen LogP contribution in [0.2, 0.25) is 0 Å². The van der Waals surface area contributed by atoms with E-state index in [9.17, 15) is 0 Å². The molecule has 15 heavy (non-hydrogen) atoms. The van der Waals surface area contributed by atoms with Gasteiger partial charge in [0.25, 0.3) is 0 Å². The van der Waals surface area contributed by atoms with Crippen LogP contribution in [0.4, 0.5) is 0 Å². The monoisotopic (exact) mass is 210 g/mol. The Morgan fingerprint density at radius 3 is 2.47 bits per heavy atom. The normalized spacial score (nSPS) is 26.3. The van der Waals surface area contributed by atoms with Crippen LogP contribution in [-0.2, 0) is 9.78 Å². The number of rotatable bonds is 2. The molecule has 4 nitrogen and oxygen atoms in total. The van der Waals surface area contributed by atoms with Gasteiger partial charge < -0.3 is 9.84 Å². The zero-order valence-corrected chi connectivity index (χ0v) is 8.55. The molecule has 1 aromatic rings. The SMILES string of the molecule is COc1ccc(C2CCC(O)OO2)cc1. The van der Waals surface area contributed by atoms with Gasteiger partial charge in [-0.05, 0) is 24.1 Å². The number of methoxy groups -OCH3 is 1. The zero-order valence-electron chi connectivity index (χ0n) is 8.55. The molecule has 2 rings (SSSR count). The van der Waals surface area contributed by atoms with Crippen molar-refractivity contribution in [1.29, 1.82) is 0 Å². The number of aliphatic hydroxyl groups excluding tert-OH is 1. The fourth-order valence-electron chi connectivity index (χ4n) is 1.56. The summed E-state index contributed by atoms with van der Waals surface area (Å²) in [4.78, 5) is 9.78. The van der Waals surface area contributed by atoms with Crippen LogP contribution in [0, 0.1) is 0 Å². The lowest BCUT2D eigenvalue weighted by atomic mass is 10.0. The molecule has 0 aromatic heterocycles. The van der Waals surface area contributed by atoms with Crippen LogP contribution in [0.5, 0.6) is 5.75 Å². The third-order valence-electron chi connectivity index (χ3n) is 2.45. The Labute approximate surface area is 88.3 Å². The number of ether oxygens (including phenoxy) is 1. The van der Waals surface area contributed by atoms with Crippen molar-refractivity contribution in [3.8, 4) is 5.75 Å². The lowest BCUT2D eigenvalue weighted by Gasteiger charge is -2.24. The van der Waals surface area contributed by atoms with Gasteiger partial charge in [0.2, 0.25) is 0 Å². The van der Waals surface area contributed by atoms with Crippen molar-refractivity contribution < 1.29 is 19.6 Å². The molecule has 82 valence electrons. The Morgan fingerprint density at radius 2 is 1.93 bits per heavy atom. The average Bonchev–Trinajstić information content (AvgIpc) is 2.30. The molecular formula is C11H14O4. The summed E-state index contributed by atoms with van der Waals surface area (Å²) in [7, 11) is 1.63. The minimum Gasteiger partial charge on any atom is -0.497 e. The van der Waals surface area contributed by atoms with E-state index >= 15 is 0 Å². The zero-order chi connectivity index (χ0) is 10.7. The molecule has 0 amide bonds. The largest absolute Gasteiger partial charge is 0.497 e. The van der Waals surface area contributed by atoms with Gasteiger partial charge in [-0.1, -0.05) is 12.1 Å². The highest BCUT2D eigenvalue weighted by atomic mass is 17.2. The Balaban J connectivity index is 2.03. The van der Waals surface area contributed by atoms with Gasteiger partial charge in [-0.25, -0.2) is 9.78 Å². The molecule has 0 aliphatic carbocycles. The Kier molecular flexibility index (Phi) is 3.20. The molecule has 0 saturated carbocycles. The van der Waals surface area contributed by atoms with Crippen molar-refractivity contribution in [3.63, 3.8) is 0 Å². The first-order valence-corrected chi connectivity index (χ1v) is 4.94. The first-order valence-electron chi connectivity index (χ1n) is 4.94. The van der Waals surface area contributed by atoms with Crippen LogP contribution in [0.15, 0.2) is 24.3 Å². The van der Waals surface area contributed by atoms with Crippen molar-refractivity contribution in [3.05, 3.63) is 29.8 Å². The number of benzene rings is 1. The highest BCUT2D eigenvalue weighted by Crippen LogP contribution is 2.29. The summed E-state index contributed by atoms with van der Waals surface area (Å²) in [5.74, 6) is 0.815. The van der Waals surface area contributed by atoms with Crippen LogP contribution < -0.4 is 4.74 Å². The first-order chi connectivity index (χ1) is 7.29. The molecule has 1 aromatic carbocycles. The summed E-state index contributed by atoms with van der Waals surface area (Å²) in [6.07, 6.45) is 0.461. The lowest BCUT2D eigenvalue weighted by Crippen LogP contribution is -2.22. The minimum absolute atomic E-state index is 0.0979. The molecule has 0 bridgehead atoms. The van der Waals surface area contributed by atoms with E-state index in [0.717, 1.165) is 17.7 Å². The number of hydrogen-bond donors (Lipinski definition) is 1. The topological polar surface area (TPSA) is 47.9 Å². The Morgan fingerprint density at radius 1 is 1.20 bits per heavy atom. The van der Waals surface area contributed by atoms with Gasteiger partial charge in [-0.3, -0.25) is 0 Å². The van der Waals surface area contributed by atoms with Crippen LogP contribution >= 0.6 is 0 Å². The van der Waals surface area contributed by atoms with Crippen LogP contribution in [-0.4, -0.2) is 18.5 Å². The van der Waals surface area contributed by atoms with E-state index < -0.39 is 6.29 Å². The summed E-state index contributed by atoms with van der Waals surface area (Å²) >= 11 is 0. The quantitative estimate of drug-likeness (QED) is 0.756. The van der Waals surface area contributed by atoms with Crippen molar-refractivity contribution in [2.45, 2.75) is 25.2 Å². The second kappa shape index (κ2) is 4.61. The van der Waals surface area contributed by atoms with Gasteiger partial charge in [0.15, 0.2) is 6.29 Å². The summed E-state index contributed by atoms with van der Waals surface area (Å²) in [6, 6.07) is 7.63. The molecule has 1 N–H and O–H groups in total. The maximum atomic E-state index is 9.09. The number of hydrogen-bond acceptors (Lipinski definition) is 4. The van der Waals surface area contributed by atoms with Gasteiger partial charge in [0.1, 0.15) is 11.9 Å². The van der Waals surface area contributed by atoms with Gasteiger partial charge in [-0.2, -0.15) is 0 Å². The molecule has 1 fully saturated rings. The maximum absolute atomic E-state index is 9.09. The molecule has 1 saturated heterocycles. The summed E-state index contributed by atoms with van der Waals surface area (Å²) in [6.45, 7) is 0. The van der Waals surface area contributed by atoms with Crippen LogP contribution in [0.1, 0.15) is 24.5 Å². The average molecular weight is 210 g/mol. The second-order valence-electron chi connectivity index (χ2n) is 3.49. The second-order valence-corrected chi connectivity index (χ2v) is 3.49. The molecule has 2 unspecified atom stereocenters. The van der Waals surface area contributed by atoms with E-state index in [2.05, 4.69) is 0 Å². The van der Waals surface area contributed by atoms with Crippen LogP contribution in [0.3, 0.4) is 0 Å². The van der Waals surface area contributed by atoms with E-state index in [4.69, 9.17) is 19.6 Å². The van der Waals surface area contributed by atoms with E-state index in [1.807, 2.05) is 24.3 Å². The van der Waals surface area contributed by atoms with E-state index in [-0.39, 0.29) is 6.10 Å². The van der Waals surface area contributed by atoms with E-state index in [1.165, 1.54) is 0 Å². The fraction of sp³-hybridized carbons (Fsp3) is 0.455. The summed E-state index contributed by atoms with van der Waals surface area (Å²) in [5.41, 5.74) is 1.03. The van der Waals surface area contributed by atoms with Crippen molar-refractivity contribution in [2.24, 2.45) is 0 Å². The molecule has 1 aliphatic rings. The van der Waals surface area contributed by atoms with E-state index in [0.29, 0.717) is 6.42 Å². The third-order valence-corrected chi connectivity index (χ3v) is 2.45. The van der Waals surface area contributed by atoms with Crippen molar-refractivity contribution in [1.82, 2.24) is 0 Å². The molecule has 1 heterocycles. The molecule has 0 radical (unpaired) electrons. The highest BCUT2D eigenvalue weighted by molar-refractivity contribution is 5.28. The third kappa shape index (κ3) is 2.47. The summed E-state index contributed by atoms with van der Waals surface area (Å²) in [5, 5.41) is 9.09. The predicted octanol–water partition coefficient (Wildman–Crippen LogP) is 1.80. The standard InChI is InChI=1S/C11H14O4/c1-13-9-4-2-8(3-5-9)10-6-7-11(12)15-14-10/h2-5,10-12H,6-7H2,1H3. The fourth-order valence-corrected chi connectivity index (χ4v) is 1.56. The maximum Gasteiger partial charge on any atom is 0.188 e. The minimum atomic E-state index is -0.792. The molecule has 1 aliphatic heterocycles.